The number of carbonyl (C=O) groups is 1. The number of rotatable bonds is 4. The van der Waals surface area contributed by atoms with Gasteiger partial charge in [-0.3, -0.25) is 14.9 Å². The number of hydrogen-bond donors (Lipinski definition) is 0. The van der Waals surface area contributed by atoms with Crippen molar-refractivity contribution in [1.29, 1.82) is 0 Å². The average molecular weight is 486 g/mol. The Morgan fingerprint density at radius 3 is 2.53 bits per heavy atom. The van der Waals surface area contributed by atoms with Crippen molar-refractivity contribution < 1.29 is 9.72 Å². The zero-order chi connectivity index (χ0) is 24.6. The van der Waals surface area contributed by atoms with Crippen LogP contribution in [0.2, 0.25) is 0 Å². The highest BCUT2D eigenvalue weighted by Crippen LogP contribution is 2.33. The molecule has 1 aliphatic heterocycles. The molecule has 0 bridgehead atoms. The van der Waals surface area contributed by atoms with Crippen molar-refractivity contribution in [3.05, 3.63) is 58.6 Å². The van der Waals surface area contributed by atoms with Crippen molar-refractivity contribution in [3.8, 4) is 11.4 Å². The highest BCUT2D eigenvalue weighted by molar-refractivity contribution is 5.93. The number of carbonyl (C=O) groups excluding carboxylic acids is 1. The third-order valence-electron chi connectivity index (χ3n) is 7.36. The molecule has 2 aliphatic rings. The van der Waals surface area contributed by atoms with Crippen molar-refractivity contribution in [2.75, 3.05) is 31.1 Å². The Bertz CT molecular complexity index is 1460. The van der Waals surface area contributed by atoms with E-state index in [0.717, 1.165) is 49.6 Å². The molecule has 6 rings (SSSR count). The fourth-order valence-corrected chi connectivity index (χ4v) is 5.54. The number of nitrogens with zero attached hydrogens (tertiary/aromatic N) is 7. The summed E-state index contributed by atoms with van der Waals surface area (Å²) in [6.45, 7) is 2.67. The van der Waals surface area contributed by atoms with E-state index in [0.29, 0.717) is 42.6 Å². The summed E-state index contributed by atoms with van der Waals surface area (Å²) >= 11 is 0. The largest absolute Gasteiger partial charge is 0.341 e. The minimum atomic E-state index is -0.400. The molecule has 184 valence electrons. The van der Waals surface area contributed by atoms with Gasteiger partial charge in [0.2, 0.25) is 11.9 Å². The van der Waals surface area contributed by atoms with Crippen LogP contribution < -0.4 is 4.90 Å². The smallest absolute Gasteiger partial charge is 0.280 e. The van der Waals surface area contributed by atoms with E-state index in [9.17, 15) is 14.9 Å². The van der Waals surface area contributed by atoms with E-state index in [1.54, 1.807) is 18.2 Å². The van der Waals surface area contributed by atoms with Crippen molar-refractivity contribution in [1.82, 2.24) is 24.5 Å². The van der Waals surface area contributed by atoms with E-state index in [1.807, 2.05) is 33.6 Å². The third-order valence-corrected chi connectivity index (χ3v) is 7.36. The number of amides is 1. The van der Waals surface area contributed by atoms with Crippen LogP contribution in [0, 0.1) is 16.0 Å². The lowest BCUT2D eigenvalue weighted by atomic mass is 10.1. The normalized spacial score (nSPS) is 17.1. The molecule has 10 heteroatoms. The molecule has 2 fully saturated rings. The zero-order valence-electron chi connectivity index (χ0n) is 19.9. The first-order valence-corrected chi connectivity index (χ1v) is 12.5. The summed E-state index contributed by atoms with van der Waals surface area (Å²) in [5, 5.41) is 21.5. The molecule has 2 aromatic carbocycles. The number of nitro benzene ring substituents is 1. The second-order valence-electron chi connectivity index (χ2n) is 9.53. The van der Waals surface area contributed by atoms with Gasteiger partial charge in [0.05, 0.1) is 16.0 Å². The number of nitro groups is 1. The van der Waals surface area contributed by atoms with Crippen LogP contribution in [0.15, 0.2) is 48.5 Å². The van der Waals surface area contributed by atoms with Crippen molar-refractivity contribution >= 4 is 34.1 Å². The van der Waals surface area contributed by atoms with E-state index < -0.39 is 4.92 Å². The van der Waals surface area contributed by atoms with Crippen LogP contribution in [-0.4, -0.2) is 61.5 Å². The van der Waals surface area contributed by atoms with Gasteiger partial charge in [0.25, 0.3) is 5.69 Å². The Morgan fingerprint density at radius 1 is 0.917 bits per heavy atom. The van der Waals surface area contributed by atoms with Crippen LogP contribution >= 0.6 is 0 Å². The van der Waals surface area contributed by atoms with Gasteiger partial charge in [-0.05, 0) is 37.5 Å². The Hall–Kier alpha value is -4.08. The molecule has 36 heavy (non-hydrogen) atoms. The summed E-state index contributed by atoms with van der Waals surface area (Å²) in [5.41, 5.74) is 1.74. The second-order valence-corrected chi connectivity index (χ2v) is 9.53. The number of para-hydroxylation sites is 2. The van der Waals surface area contributed by atoms with Gasteiger partial charge in [-0.25, -0.2) is 9.38 Å². The van der Waals surface area contributed by atoms with E-state index in [4.69, 9.17) is 4.98 Å². The number of aromatic nitrogens is 4. The summed E-state index contributed by atoms with van der Waals surface area (Å²) in [6.07, 6.45) is 5.07. The fraction of sp³-hybridized carbons (Fsp3) is 0.385. The molecule has 1 saturated carbocycles. The topological polar surface area (TPSA) is 110 Å². The summed E-state index contributed by atoms with van der Waals surface area (Å²) < 4.78 is 1.83. The van der Waals surface area contributed by atoms with E-state index in [2.05, 4.69) is 15.1 Å². The Morgan fingerprint density at radius 2 is 1.69 bits per heavy atom. The molecule has 3 heterocycles. The first-order valence-electron chi connectivity index (χ1n) is 12.5. The Kier molecular flexibility index (Phi) is 5.71. The van der Waals surface area contributed by atoms with Gasteiger partial charge in [-0.15, -0.1) is 10.2 Å². The molecule has 1 amide bonds. The highest BCUT2D eigenvalue weighted by atomic mass is 16.6. The van der Waals surface area contributed by atoms with Crippen molar-refractivity contribution in [3.63, 3.8) is 0 Å². The van der Waals surface area contributed by atoms with Gasteiger partial charge >= 0.3 is 0 Å². The first-order chi connectivity index (χ1) is 17.6. The lowest BCUT2D eigenvalue weighted by molar-refractivity contribution is -0.384. The second kappa shape index (κ2) is 9.18. The summed E-state index contributed by atoms with van der Waals surface area (Å²) in [6, 6.07) is 14.3. The van der Waals surface area contributed by atoms with Crippen LogP contribution in [0.4, 0.5) is 11.6 Å². The predicted octanol–water partition coefficient (Wildman–Crippen LogP) is 4.08. The number of anilines is 1. The van der Waals surface area contributed by atoms with Crippen LogP contribution in [-0.2, 0) is 4.79 Å². The Balaban J connectivity index is 1.44. The molecular formula is C26H27N7O3. The van der Waals surface area contributed by atoms with Gasteiger partial charge in [0.15, 0.2) is 11.5 Å². The summed E-state index contributed by atoms with van der Waals surface area (Å²) in [5.74, 6) is 1.45. The lowest BCUT2D eigenvalue weighted by Gasteiger charge is -2.25. The van der Waals surface area contributed by atoms with Crippen LogP contribution in [0.25, 0.3) is 27.9 Å². The predicted molar refractivity (Wildman–Crippen MR) is 136 cm³/mol. The van der Waals surface area contributed by atoms with Gasteiger partial charge < -0.3 is 9.80 Å². The van der Waals surface area contributed by atoms with Crippen molar-refractivity contribution in [2.24, 2.45) is 5.92 Å². The minimum absolute atomic E-state index is 0.0323. The van der Waals surface area contributed by atoms with Crippen LogP contribution in [0.5, 0.6) is 0 Å². The maximum atomic E-state index is 13.1. The quantitative estimate of drug-likeness (QED) is 0.316. The molecule has 0 atom stereocenters. The monoisotopic (exact) mass is 485 g/mol. The average Bonchev–Trinajstić information content (AvgIpc) is 3.54. The number of hydrogen-bond acceptors (Lipinski definition) is 7. The minimum Gasteiger partial charge on any atom is -0.341 e. The zero-order valence-corrected chi connectivity index (χ0v) is 19.9. The number of fused-ring (bicyclic) bond motifs is 3. The molecule has 0 N–H and O–H groups in total. The fourth-order valence-electron chi connectivity index (χ4n) is 5.54. The van der Waals surface area contributed by atoms with Gasteiger partial charge in [-0.1, -0.05) is 37.1 Å². The highest BCUT2D eigenvalue weighted by Gasteiger charge is 2.30. The molecule has 0 unspecified atom stereocenters. The van der Waals surface area contributed by atoms with Gasteiger partial charge in [-0.2, -0.15) is 0 Å². The molecule has 1 aliphatic carbocycles. The molecule has 0 radical (unpaired) electrons. The standard InChI is InChI=1S/C26H27N7O3/c34-25(18-8-1-2-9-18)30-14-7-15-31(17-16-30)26-27-21-12-5-3-10-19(21)23-28-29-24(32(23)26)20-11-4-6-13-22(20)33(35)36/h3-6,10-13,18H,1-2,7-9,14-17H2. The first kappa shape index (κ1) is 22.4. The molecule has 10 nitrogen and oxygen atoms in total. The third kappa shape index (κ3) is 3.82. The number of benzene rings is 2. The maximum Gasteiger partial charge on any atom is 0.280 e. The molecule has 1 saturated heterocycles. The Labute approximate surface area is 207 Å². The van der Waals surface area contributed by atoms with E-state index >= 15 is 0 Å². The molecule has 2 aromatic heterocycles. The van der Waals surface area contributed by atoms with Crippen LogP contribution in [0.3, 0.4) is 0 Å². The summed E-state index contributed by atoms with van der Waals surface area (Å²) in [7, 11) is 0. The SMILES string of the molecule is O=C(C1CCCC1)N1CCCN(c2nc3ccccc3c3nnc(-c4ccccc4[N+](=O)[O-])n23)CC1. The van der Waals surface area contributed by atoms with Gasteiger partial charge in [0.1, 0.15) is 0 Å². The molecule has 0 spiro atoms. The van der Waals surface area contributed by atoms with E-state index in [-0.39, 0.29) is 17.5 Å². The maximum absolute atomic E-state index is 13.1. The lowest BCUT2D eigenvalue weighted by Crippen LogP contribution is -2.38. The summed E-state index contributed by atoms with van der Waals surface area (Å²) in [4.78, 5) is 33.6. The van der Waals surface area contributed by atoms with Crippen LogP contribution in [0.1, 0.15) is 32.1 Å². The van der Waals surface area contributed by atoms with Gasteiger partial charge in [0, 0.05) is 43.5 Å². The van der Waals surface area contributed by atoms with E-state index in [1.165, 1.54) is 6.07 Å². The molecule has 4 aromatic rings. The molecular weight excluding hydrogens is 458 g/mol. The van der Waals surface area contributed by atoms with Crippen molar-refractivity contribution in [2.45, 2.75) is 32.1 Å².